The highest BCUT2D eigenvalue weighted by Crippen LogP contribution is 2.15. The van der Waals surface area contributed by atoms with Crippen molar-refractivity contribution in [3.05, 3.63) is 144 Å². The second-order valence-corrected chi connectivity index (χ2v) is 8.60. The Balaban J connectivity index is 1.11. The molecule has 0 bridgehead atoms. The van der Waals surface area contributed by atoms with E-state index in [1.807, 2.05) is 36.5 Å². The molecule has 0 aromatic carbocycles. The third-order valence-corrected chi connectivity index (χ3v) is 5.86. The summed E-state index contributed by atoms with van der Waals surface area (Å²) in [5, 5.41) is 0. The van der Waals surface area contributed by atoms with Crippen LogP contribution in [0.2, 0.25) is 0 Å². The fraction of sp³-hybridized carbons (Fsp3) is 0.161. The second kappa shape index (κ2) is 12.3. The van der Waals surface area contributed by atoms with E-state index in [2.05, 4.69) is 71.1 Å². The highest BCUT2D eigenvalue weighted by Gasteiger charge is 2.04. The van der Waals surface area contributed by atoms with Gasteiger partial charge in [-0.1, -0.05) is 48.6 Å². The molecular weight excluding hydrogens is 432 g/mol. The molecule has 0 fully saturated rings. The third-order valence-electron chi connectivity index (χ3n) is 5.86. The van der Waals surface area contributed by atoms with Crippen LogP contribution in [0.3, 0.4) is 0 Å². The van der Waals surface area contributed by atoms with Crippen LogP contribution >= 0.6 is 0 Å². The molecule has 2 heterocycles. The van der Waals surface area contributed by atoms with Crippen LogP contribution in [0.15, 0.2) is 144 Å². The minimum atomic E-state index is 0.0356. The van der Waals surface area contributed by atoms with Crippen molar-refractivity contribution >= 4 is 11.6 Å². The molecule has 0 unspecified atom stereocenters. The van der Waals surface area contributed by atoms with E-state index in [-0.39, 0.29) is 11.6 Å². The van der Waals surface area contributed by atoms with Crippen molar-refractivity contribution in [1.29, 1.82) is 0 Å². The van der Waals surface area contributed by atoms with Gasteiger partial charge in [0.15, 0.2) is 11.6 Å². The maximum absolute atomic E-state index is 11.2. The van der Waals surface area contributed by atoms with E-state index in [0.29, 0.717) is 0 Å². The normalized spacial score (nSPS) is 18.3. The van der Waals surface area contributed by atoms with Gasteiger partial charge < -0.3 is 9.80 Å². The molecule has 0 saturated heterocycles. The SMILES string of the molecule is O=C1C=CC(=CC=C2C=CN(CCCCCN3C=CC(=CC=C4C=CC(=O)C=C4)C=C3)C=C2)C=C1. The van der Waals surface area contributed by atoms with Gasteiger partial charge in [-0.3, -0.25) is 9.59 Å². The first-order valence-corrected chi connectivity index (χ1v) is 12.0. The lowest BCUT2D eigenvalue weighted by Crippen LogP contribution is -2.15. The quantitative estimate of drug-likeness (QED) is 0.419. The summed E-state index contributed by atoms with van der Waals surface area (Å²) in [5.41, 5.74) is 4.33. The Labute approximate surface area is 207 Å². The Morgan fingerprint density at radius 2 is 0.743 bits per heavy atom. The lowest BCUT2D eigenvalue weighted by atomic mass is 10.1. The minimum Gasteiger partial charge on any atom is -0.354 e. The maximum atomic E-state index is 11.2. The van der Waals surface area contributed by atoms with Crippen LogP contribution in [0.25, 0.3) is 0 Å². The monoisotopic (exact) mass is 462 g/mol. The molecule has 0 saturated carbocycles. The van der Waals surface area contributed by atoms with Crippen molar-refractivity contribution in [3.8, 4) is 0 Å². The number of carbonyl (C=O) groups excluding carboxylic acids is 2. The number of hydrogen-bond acceptors (Lipinski definition) is 4. The Kier molecular flexibility index (Phi) is 8.44. The van der Waals surface area contributed by atoms with E-state index < -0.39 is 0 Å². The molecule has 0 N–H and O–H groups in total. The standard InChI is InChI=1S/C31H30N2O2/c34-30-12-8-26(9-13-30)4-6-28-16-22-32(23-17-28)20-2-1-3-21-33-24-18-29(19-25-33)7-5-27-10-14-31(35)15-11-27/h4-19,22-25H,1-3,20-21H2. The van der Waals surface area contributed by atoms with Gasteiger partial charge in [0.25, 0.3) is 0 Å². The molecule has 4 nitrogen and oxygen atoms in total. The fourth-order valence-corrected chi connectivity index (χ4v) is 3.77. The summed E-state index contributed by atoms with van der Waals surface area (Å²) in [6, 6.07) is 0. The summed E-state index contributed by atoms with van der Waals surface area (Å²) in [4.78, 5) is 26.8. The van der Waals surface area contributed by atoms with Crippen molar-refractivity contribution in [2.45, 2.75) is 19.3 Å². The highest BCUT2D eigenvalue weighted by atomic mass is 16.1. The molecule has 176 valence electrons. The van der Waals surface area contributed by atoms with E-state index in [1.54, 1.807) is 24.3 Å². The lowest BCUT2D eigenvalue weighted by Gasteiger charge is -2.20. The maximum Gasteiger partial charge on any atom is 0.178 e. The van der Waals surface area contributed by atoms with Crippen LogP contribution in [0.1, 0.15) is 19.3 Å². The topological polar surface area (TPSA) is 40.6 Å². The summed E-state index contributed by atoms with van der Waals surface area (Å²) in [7, 11) is 0. The first-order valence-electron chi connectivity index (χ1n) is 12.0. The zero-order valence-electron chi connectivity index (χ0n) is 19.8. The molecule has 4 aliphatic rings. The molecule has 0 aromatic heterocycles. The first-order chi connectivity index (χ1) is 17.1. The molecule has 4 rings (SSSR count). The predicted molar refractivity (Wildman–Crippen MR) is 143 cm³/mol. The zero-order chi connectivity index (χ0) is 24.3. The van der Waals surface area contributed by atoms with Gasteiger partial charge in [0.05, 0.1) is 0 Å². The van der Waals surface area contributed by atoms with E-state index >= 15 is 0 Å². The van der Waals surface area contributed by atoms with Crippen molar-refractivity contribution in [2.24, 2.45) is 0 Å². The highest BCUT2D eigenvalue weighted by molar-refractivity contribution is 6.01. The smallest absolute Gasteiger partial charge is 0.178 e. The van der Waals surface area contributed by atoms with Gasteiger partial charge in [0.2, 0.25) is 0 Å². The number of nitrogens with zero attached hydrogens (tertiary/aromatic N) is 2. The summed E-state index contributed by atoms with van der Waals surface area (Å²) in [5.74, 6) is 0.0711. The van der Waals surface area contributed by atoms with Crippen molar-refractivity contribution in [3.63, 3.8) is 0 Å². The van der Waals surface area contributed by atoms with Crippen LogP contribution in [-0.4, -0.2) is 34.5 Å². The van der Waals surface area contributed by atoms with Crippen LogP contribution in [0, 0.1) is 0 Å². The molecule has 2 aliphatic carbocycles. The van der Waals surface area contributed by atoms with Crippen LogP contribution < -0.4 is 0 Å². The summed E-state index contributed by atoms with van der Waals surface area (Å²) >= 11 is 0. The molecule has 0 spiro atoms. The van der Waals surface area contributed by atoms with E-state index in [1.165, 1.54) is 6.42 Å². The number of unbranched alkanes of at least 4 members (excludes halogenated alkanes) is 2. The number of ketones is 2. The van der Waals surface area contributed by atoms with Gasteiger partial charge in [-0.25, -0.2) is 0 Å². The Bertz CT molecular complexity index is 1040. The molecular formula is C31H30N2O2. The minimum absolute atomic E-state index is 0.0356. The largest absolute Gasteiger partial charge is 0.354 e. The van der Waals surface area contributed by atoms with E-state index in [0.717, 1.165) is 48.2 Å². The van der Waals surface area contributed by atoms with Crippen molar-refractivity contribution in [2.75, 3.05) is 13.1 Å². The van der Waals surface area contributed by atoms with Crippen molar-refractivity contribution < 1.29 is 9.59 Å². The number of carbonyl (C=O) groups is 2. The molecule has 2 aliphatic heterocycles. The summed E-state index contributed by atoms with van der Waals surface area (Å²) in [6.07, 6.45) is 42.3. The van der Waals surface area contributed by atoms with Crippen LogP contribution in [-0.2, 0) is 9.59 Å². The van der Waals surface area contributed by atoms with Gasteiger partial charge in [0, 0.05) is 37.9 Å². The second-order valence-electron chi connectivity index (χ2n) is 8.60. The molecule has 35 heavy (non-hydrogen) atoms. The van der Waals surface area contributed by atoms with E-state index in [4.69, 9.17) is 0 Å². The number of allylic oxidation sites excluding steroid dienone is 20. The number of hydrogen-bond donors (Lipinski definition) is 0. The Hall–Kier alpha value is -4.18. The Morgan fingerprint density at radius 3 is 1.09 bits per heavy atom. The van der Waals surface area contributed by atoms with Crippen LogP contribution in [0.5, 0.6) is 0 Å². The van der Waals surface area contributed by atoms with Gasteiger partial charge >= 0.3 is 0 Å². The van der Waals surface area contributed by atoms with E-state index in [9.17, 15) is 9.59 Å². The first kappa shape index (κ1) is 24.0. The third kappa shape index (κ3) is 7.97. The Morgan fingerprint density at radius 1 is 0.429 bits per heavy atom. The average molecular weight is 463 g/mol. The predicted octanol–water partition coefficient (Wildman–Crippen LogP) is 5.94. The molecule has 0 aromatic rings. The summed E-state index contributed by atoms with van der Waals surface area (Å²) in [6.45, 7) is 2.02. The lowest BCUT2D eigenvalue weighted by molar-refractivity contribution is -0.111. The van der Waals surface area contributed by atoms with Gasteiger partial charge in [-0.2, -0.15) is 0 Å². The van der Waals surface area contributed by atoms with Crippen molar-refractivity contribution in [1.82, 2.24) is 9.80 Å². The molecule has 0 atom stereocenters. The summed E-state index contributed by atoms with van der Waals surface area (Å²) < 4.78 is 0. The van der Waals surface area contributed by atoms with Crippen LogP contribution in [0.4, 0.5) is 0 Å². The fourth-order valence-electron chi connectivity index (χ4n) is 3.77. The molecule has 0 amide bonds. The zero-order valence-corrected chi connectivity index (χ0v) is 19.8. The molecule has 4 heteroatoms. The van der Waals surface area contributed by atoms with Gasteiger partial charge in [0.1, 0.15) is 0 Å². The van der Waals surface area contributed by atoms with Gasteiger partial charge in [-0.05, 0) is 90.2 Å². The van der Waals surface area contributed by atoms with Gasteiger partial charge in [-0.15, -0.1) is 0 Å². The number of rotatable bonds is 8. The average Bonchev–Trinajstić information content (AvgIpc) is 2.89. The molecule has 0 radical (unpaired) electrons.